The lowest BCUT2D eigenvalue weighted by Crippen LogP contribution is -2.58. The SMILES string of the molecule is CCOc1nc(C(C)(C)C)ncc1C1=N[C@@](C)(c2ccc(Cl)cc2)[C@@](C)(c2ccc(Cl)cc2)N1C(=O)N1CCCCC1. The first-order valence-electron chi connectivity index (χ1n) is 14.6. The average Bonchev–Trinajstić information content (AvgIpc) is 3.21. The topological polar surface area (TPSA) is 70.9 Å². The highest BCUT2D eigenvalue weighted by Gasteiger charge is 2.60. The number of hydrogen-bond donors (Lipinski definition) is 0. The van der Waals surface area contributed by atoms with Crippen LogP contribution in [0.2, 0.25) is 10.0 Å². The van der Waals surface area contributed by atoms with E-state index in [9.17, 15) is 4.79 Å². The van der Waals surface area contributed by atoms with Crippen molar-refractivity contribution in [2.24, 2.45) is 4.99 Å². The van der Waals surface area contributed by atoms with Crippen LogP contribution in [-0.2, 0) is 16.5 Å². The van der Waals surface area contributed by atoms with Crippen molar-refractivity contribution in [3.63, 3.8) is 0 Å². The molecule has 9 heteroatoms. The van der Waals surface area contributed by atoms with Gasteiger partial charge in [-0.05, 0) is 75.4 Å². The van der Waals surface area contributed by atoms with E-state index in [-0.39, 0.29) is 11.4 Å². The molecule has 5 rings (SSSR count). The van der Waals surface area contributed by atoms with Crippen LogP contribution in [0.3, 0.4) is 0 Å². The first-order valence-corrected chi connectivity index (χ1v) is 15.4. The van der Waals surface area contributed by atoms with E-state index in [1.54, 1.807) is 6.20 Å². The van der Waals surface area contributed by atoms with Gasteiger partial charge in [0.25, 0.3) is 0 Å². The first kappa shape index (κ1) is 30.3. The van der Waals surface area contributed by atoms with Crippen LogP contribution in [0.5, 0.6) is 5.88 Å². The van der Waals surface area contributed by atoms with E-state index in [0.29, 0.717) is 52.8 Å². The number of carbonyl (C=O) groups is 1. The summed E-state index contributed by atoms with van der Waals surface area (Å²) in [6.45, 7) is 14.0. The Bertz CT molecular complexity index is 1480. The number of piperidine rings is 1. The number of carbonyl (C=O) groups excluding carboxylic acids is 1. The molecule has 1 aromatic heterocycles. The lowest BCUT2D eigenvalue weighted by Gasteiger charge is -2.47. The summed E-state index contributed by atoms with van der Waals surface area (Å²) in [5.41, 5.74) is 0.230. The highest BCUT2D eigenvalue weighted by molar-refractivity contribution is 6.30. The van der Waals surface area contributed by atoms with E-state index in [1.807, 2.05) is 65.3 Å². The number of likely N-dealkylation sites (tertiary alicyclic amines) is 1. The summed E-state index contributed by atoms with van der Waals surface area (Å²) in [4.78, 5) is 33.6. The number of benzene rings is 2. The number of urea groups is 1. The second-order valence-corrected chi connectivity index (χ2v) is 13.2. The number of halogens is 2. The molecular formula is C33H39Cl2N5O2. The van der Waals surface area contributed by atoms with Crippen molar-refractivity contribution < 1.29 is 9.53 Å². The Labute approximate surface area is 258 Å². The Balaban J connectivity index is 1.80. The lowest BCUT2D eigenvalue weighted by molar-refractivity contribution is 0.102. The standard InChI is InChI=1S/C33H39Cl2N5O2/c1-7-42-28-26(21-36-29(37-28)31(2,3)4)27-38-32(5,22-11-15-24(34)16-12-22)33(6,23-13-17-25(35)18-14-23)40(27)30(41)39-19-9-8-10-20-39/h11-18,21H,7-10,19-20H2,1-6H3/t32-,33+/m0/s1. The zero-order chi connectivity index (χ0) is 30.3. The minimum Gasteiger partial charge on any atom is -0.477 e. The quantitative estimate of drug-likeness (QED) is 0.295. The van der Waals surface area contributed by atoms with E-state index in [4.69, 9.17) is 42.9 Å². The minimum atomic E-state index is -0.957. The normalized spacial score (nSPS) is 22.7. The molecule has 1 fully saturated rings. The molecule has 0 bridgehead atoms. The molecule has 7 nitrogen and oxygen atoms in total. The van der Waals surface area contributed by atoms with Gasteiger partial charge in [0.15, 0.2) is 0 Å². The summed E-state index contributed by atoms with van der Waals surface area (Å²) >= 11 is 12.7. The fourth-order valence-corrected chi connectivity index (χ4v) is 6.17. The number of aliphatic imine (C=N–C) groups is 1. The van der Waals surface area contributed by atoms with Crippen molar-refractivity contribution in [3.05, 3.63) is 87.3 Å². The number of aromatic nitrogens is 2. The first-order chi connectivity index (χ1) is 19.9. The minimum absolute atomic E-state index is 0.106. The van der Waals surface area contributed by atoms with Crippen LogP contribution in [0.1, 0.15) is 83.3 Å². The van der Waals surface area contributed by atoms with Crippen molar-refractivity contribution in [2.75, 3.05) is 19.7 Å². The molecule has 2 aromatic carbocycles. The second-order valence-electron chi connectivity index (χ2n) is 12.4. The van der Waals surface area contributed by atoms with Crippen molar-refractivity contribution in [1.29, 1.82) is 0 Å². The monoisotopic (exact) mass is 607 g/mol. The fraction of sp³-hybridized carbons (Fsp3) is 0.455. The van der Waals surface area contributed by atoms with Crippen LogP contribution in [0.15, 0.2) is 59.7 Å². The lowest BCUT2D eigenvalue weighted by atomic mass is 9.71. The van der Waals surface area contributed by atoms with Gasteiger partial charge in [-0.25, -0.2) is 9.78 Å². The molecule has 0 aliphatic carbocycles. The van der Waals surface area contributed by atoms with Gasteiger partial charge in [-0.3, -0.25) is 9.89 Å². The van der Waals surface area contributed by atoms with Gasteiger partial charge >= 0.3 is 6.03 Å². The fourth-order valence-electron chi connectivity index (χ4n) is 5.92. The Hall–Kier alpha value is -3.16. The van der Waals surface area contributed by atoms with Crippen LogP contribution in [0, 0.1) is 0 Å². The Morgan fingerprint density at radius 3 is 2.05 bits per heavy atom. The number of nitrogens with zero attached hydrogens (tertiary/aromatic N) is 5. The summed E-state index contributed by atoms with van der Waals surface area (Å²) in [6, 6.07) is 15.3. The van der Waals surface area contributed by atoms with Crippen molar-refractivity contribution in [3.8, 4) is 5.88 Å². The highest BCUT2D eigenvalue weighted by atomic mass is 35.5. The van der Waals surface area contributed by atoms with Gasteiger partial charge in [-0.2, -0.15) is 4.98 Å². The molecule has 0 N–H and O–H groups in total. The maximum Gasteiger partial charge on any atom is 0.326 e. The van der Waals surface area contributed by atoms with Crippen molar-refractivity contribution in [1.82, 2.24) is 19.8 Å². The zero-order valence-electron chi connectivity index (χ0n) is 25.2. The predicted octanol–water partition coefficient (Wildman–Crippen LogP) is 7.98. The molecule has 3 heterocycles. The number of rotatable bonds is 5. The van der Waals surface area contributed by atoms with E-state index in [1.165, 1.54) is 0 Å². The summed E-state index contributed by atoms with van der Waals surface area (Å²) < 4.78 is 6.12. The Morgan fingerprint density at radius 2 is 1.50 bits per heavy atom. The third-order valence-electron chi connectivity index (χ3n) is 8.51. The van der Waals surface area contributed by atoms with Gasteiger partial charge in [0.1, 0.15) is 22.7 Å². The van der Waals surface area contributed by atoms with E-state index in [0.717, 1.165) is 30.4 Å². The number of amidine groups is 1. The average molecular weight is 609 g/mol. The molecule has 0 radical (unpaired) electrons. The van der Waals surface area contributed by atoms with Gasteiger partial charge in [0.2, 0.25) is 5.88 Å². The van der Waals surface area contributed by atoms with Crippen molar-refractivity contribution >= 4 is 35.1 Å². The Kier molecular flexibility index (Phi) is 8.29. The predicted molar refractivity (Wildman–Crippen MR) is 169 cm³/mol. The molecule has 2 aliphatic rings. The summed E-state index contributed by atoms with van der Waals surface area (Å²) in [5.74, 6) is 1.54. The maximum atomic E-state index is 14.8. The van der Waals surface area contributed by atoms with Gasteiger partial charge in [0.05, 0.1) is 12.2 Å². The largest absolute Gasteiger partial charge is 0.477 e. The van der Waals surface area contributed by atoms with Crippen LogP contribution in [-0.4, -0.2) is 51.3 Å². The number of amides is 2. The molecule has 0 unspecified atom stereocenters. The highest BCUT2D eigenvalue weighted by Crippen LogP contribution is 2.54. The molecule has 222 valence electrons. The number of ether oxygens (including phenoxy) is 1. The zero-order valence-corrected chi connectivity index (χ0v) is 26.8. The molecule has 42 heavy (non-hydrogen) atoms. The van der Waals surface area contributed by atoms with Gasteiger partial charge in [0, 0.05) is 34.7 Å². The van der Waals surface area contributed by atoms with E-state index in [2.05, 4.69) is 34.6 Å². The number of hydrogen-bond acceptors (Lipinski definition) is 5. The molecule has 1 saturated heterocycles. The third-order valence-corrected chi connectivity index (χ3v) is 9.02. The third kappa shape index (κ3) is 5.26. The van der Waals surface area contributed by atoms with Gasteiger partial charge < -0.3 is 9.64 Å². The van der Waals surface area contributed by atoms with Gasteiger partial charge in [-0.15, -0.1) is 0 Å². The summed E-state index contributed by atoms with van der Waals surface area (Å²) in [5, 5.41) is 1.25. The molecular weight excluding hydrogens is 569 g/mol. The smallest absolute Gasteiger partial charge is 0.326 e. The summed E-state index contributed by atoms with van der Waals surface area (Å²) in [6.07, 6.45) is 4.79. The molecule has 0 spiro atoms. The van der Waals surface area contributed by atoms with Gasteiger partial charge in [-0.1, -0.05) is 68.2 Å². The van der Waals surface area contributed by atoms with Crippen molar-refractivity contribution in [2.45, 2.75) is 77.3 Å². The Morgan fingerprint density at radius 1 is 0.929 bits per heavy atom. The van der Waals surface area contributed by atoms with E-state index >= 15 is 0 Å². The summed E-state index contributed by atoms with van der Waals surface area (Å²) in [7, 11) is 0. The molecule has 2 atom stereocenters. The van der Waals surface area contributed by atoms with Crippen LogP contribution >= 0.6 is 23.2 Å². The maximum absolute atomic E-state index is 14.8. The molecule has 2 aliphatic heterocycles. The van der Waals surface area contributed by atoms with Crippen LogP contribution < -0.4 is 4.74 Å². The second kappa shape index (κ2) is 11.5. The molecule has 3 aromatic rings. The van der Waals surface area contributed by atoms with E-state index < -0.39 is 11.1 Å². The van der Waals surface area contributed by atoms with Crippen LogP contribution in [0.4, 0.5) is 4.79 Å². The molecule has 2 amide bonds. The van der Waals surface area contributed by atoms with Crippen LogP contribution in [0.25, 0.3) is 0 Å². The molecule has 0 saturated carbocycles.